The van der Waals surface area contributed by atoms with Gasteiger partial charge >= 0.3 is 0 Å². The zero-order valence-corrected chi connectivity index (χ0v) is 18.9. The Hall–Kier alpha value is -3.74. The van der Waals surface area contributed by atoms with Crippen LogP contribution in [-0.2, 0) is 6.37 Å². The number of hydrogen-bond acceptors (Lipinski definition) is 2. The Labute approximate surface area is 200 Å². The van der Waals surface area contributed by atoms with Crippen LogP contribution < -0.4 is 0 Å². The first-order chi connectivity index (χ1) is 17.3. The average Bonchev–Trinajstić information content (AvgIpc) is 3.24. The van der Waals surface area contributed by atoms with Crippen LogP contribution in [-0.4, -0.2) is 4.98 Å². The Kier molecular flexibility index (Phi) is 4.82. The van der Waals surface area contributed by atoms with Gasteiger partial charge < -0.3 is 4.42 Å². The minimum Gasteiger partial charge on any atom is -0.455 e. The van der Waals surface area contributed by atoms with E-state index in [4.69, 9.17) is 7.16 Å². The summed E-state index contributed by atoms with van der Waals surface area (Å²) in [5.74, 6) is -10.1. The molecule has 5 rings (SSSR count). The van der Waals surface area contributed by atoms with E-state index in [1.165, 1.54) is 24.4 Å². The van der Waals surface area contributed by atoms with E-state index in [-0.39, 0.29) is 11.1 Å². The number of rotatable bonds is 3. The number of fused-ring (bicyclic) bond motifs is 3. The molecule has 0 aliphatic heterocycles. The predicted octanol–water partition coefficient (Wildman–Crippen LogP) is 8.60. The Bertz CT molecular complexity index is 1680. The van der Waals surface area contributed by atoms with Gasteiger partial charge in [-0.3, -0.25) is 4.98 Å². The predicted molar refractivity (Wildman–Crippen MR) is 125 cm³/mol. The maximum absolute atomic E-state index is 14.4. The molecule has 0 bridgehead atoms. The molecule has 0 spiro atoms. The second-order valence-corrected chi connectivity index (χ2v) is 9.24. The normalized spacial score (nSPS) is 13.4. The molecule has 0 unspecified atom stereocenters. The summed E-state index contributed by atoms with van der Waals surface area (Å²) in [7, 11) is 0. The molecule has 0 saturated carbocycles. The van der Waals surface area contributed by atoms with Gasteiger partial charge in [-0.25, -0.2) is 22.0 Å². The largest absolute Gasteiger partial charge is 0.455 e. The SMILES string of the molecule is [2H]C([2H])(c1ccnc(-c2cccc3c2oc2cc(-c4c(F)c(F)c(F)c(F)c4F)ccc23)c1)C(C)(C)C. The highest BCUT2D eigenvalue weighted by atomic mass is 19.2. The highest BCUT2D eigenvalue weighted by molar-refractivity contribution is 6.10. The van der Waals surface area contributed by atoms with Crippen LogP contribution in [0.4, 0.5) is 22.0 Å². The zero-order chi connectivity index (χ0) is 26.9. The fourth-order valence-corrected chi connectivity index (χ4v) is 4.10. The molecular formula is C28H20F5NO. The van der Waals surface area contributed by atoms with E-state index < -0.39 is 46.4 Å². The maximum Gasteiger partial charge on any atom is 0.200 e. The van der Waals surface area contributed by atoms with Crippen LogP contribution in [0.1, 0.15) is 29.1 Å². The lowest BCUT2D eigenvalue weighted by Gasteiger charge is -2.18. The van der Waals surface area contributed by atoms with Gasteiger partial charge in [0, 0.05) is 25.3 Å². The molecule has 2 heterocycles. The average molecular weight is 483 g/mol. The minimum atomic E-state index is -2.22. The monoisotopic (exact) mass is 483 g/mol. The van der Waals surface area contributed by atoms with Gasteiger partial charge in [-0.1, -0.05) is 39.0 Å². The molecule has 0 saturated heterocycles. The molecule has 3 aromatic carbocycles. The summed E-state index contributed by atoms with van der Waals surface area (Å²) >= 11 is 0. The second kappa shape index (κ2) is 8.18. The van der Waals surface area contributed by atoms with Gasteiger partial charge in [-0.2, -0.15) is 0 Å². The summed E-state index contributed by atoms with van der Waals surface area (Å²) in [6.07, 6.45) is -0.147. The molecule has 35 heavy (non-hydrogen) atoms. The van der Waals surface area contributed by atoms with Crippen molar-refractivity contribution in [3.8, 4) is 22.4 Å². The number of furan rings is 1. The third kappa shape index (κ3) is 3.95. The number of halogens is 5. The Morgan fingerprint density at radius 1 is 0.829 bits per heavy atom. The Morgan fingerprint density at radius 2 is 1.51 bits per heavy atom. The molecule has 0 aliphatic carbocycles. The van der Waals surface area contributed by atoms with E-state index >= 15 is 0 Å². The smallest absolute Gasteiger partial charge is 0.200 e. The van der Waals surface area contributed by atoms with E-state index in [0.717, 1.165) is 0 Å². The Balaban J connectivity index is 1.69. The molecule has 2 nitrogen and oxygen atoms in total. The highest BCUT2D eigenvalue weighted by Crippen LogP contribution is 2.39. The van der Waals surface area contributed by atoms with Crippen LogP contribution in [0.2, 0.25) is 0 Å². The lowest BCUT2D eigenvalue weighted by Crippen LogP contribution is -2.09. The van der Waals surface area contributed by atoms with Crippen molar-refractivity contribution in [1.29, 1.82) is 0 Å². The summed E-state index contributed by atoms with van der Waals surface area (Å²) in [4.78, 5) is 4.40. The molecule has 0 atom stereocenters. The van der Waals surface area contributed by atoms with E-state index in [2.05, 4.69) is 4.98 Å². The summed E-state index contributed by atoms with van der Waals surface area (Å²) < 4.78 is 93.1. The van der Waals surface area contributed by atoms with Crippen molar-refractivity contribution in [2.45, 2.75) is 27.1 Å². The van der Waals surface area contributed by atoms with Gasteiger partial charge in [0.1, 0.15) is 11.2 Å². The van der Waals surface area contributed by atoms with E-state index in [1.807, 2.05) is 0 Å². The molecule has 0 amide bonds. The molecule has 0 radical (unpaired) electrons. The van der Waals surface area contributed by atoms with Crippen molar-refractivity contribution in [2.75, 3.05) is 0 Å². The number of aromatic nitrogens is 1. The van der Waals surface area contributed by atoms with Gasteiger partial charge in [-0.15, -0.1) is 0 Å². The topological polar surface area (TPSA) is 26.0 Å². The summed E-state index contributed by atoms with van der Waals surface area (Å²) in [6, 6.07) is 12.5. The number of hydrogen-bond donors (Lipinski definition) is 0. The van der Waals surface area contributed by atoms with Crippen molar-refractivity contribution in [3.63, 3.8) is 0 Å². The van der Waals surface area contributed by atoms with Crippen LogP contribution in [0.5, 0.6) is 0 Å². The Morgan fingerprint density at radius 3 is 2.20 bits per heavy atom. The number of benzene rings is 3. The first kappa shape index (κ1) is 20.6. The summed E-state index contributed by atoms with van der Waals surface area (Å²) in [5, 5.41) is 1.20. The van der Waals surface area contributed by atoms with Crippen LogP contribution in [0.15, 0.2) is 59.1 Å². The standard InChI is InChI=1S/C28H20F5NO/c1-28(2,3)13-14-9-10-34-19(11-14)18-6-4-5-17-16-8-7-15(12-20(16)35-27(17)18)21-22(29)24(31)26(33)25(32)23(21)30/h4-12H,13H2,1-3H3/i13D2. The van der Waals surface area contributed by atoms with Gasteiger partial charge in [0.2, 0.25) is 5.82 Å². The van der Waals surface area contributed by atoms with E-state index in [0.29, 0.717) is 33.2 Å². The molecule has 178 valence electrons. The lowest BCUT2D eigenvalue weighted by molar-refractivity contribution is 0.381. The van der Waals surface area contributed by atoms with Crippen molar-refractivity contribution in [2.24, 2.45) is 5.41 Å². The number of para-hydroxylation sites is 1. The fraction of sp³-hybridized carbons (Fsp3) is 0.179. The van der Waals surface area contributed by atoms with Gasteiger partial charge in [0.05, 0.1) is 11.3 Å². The van der Waals surface area contributed by atoms with Crippen LogP contribution in [0.25, 0.3) is 44.3 Å². The summed E-state index contributed by atoms with van der Waals surface area (Å²) in [5.41, 5.74) is 0.0346. The highest BCUT2D eigenvalue weighted by Gasteiger charge is 2.27. The molecule has 0 aliphatic rings. The summed E-state index contributed by atoms with van der Waals surface area (Å²) in [6.45, 7) is 5.40. The van der Waals surface area contributed by atoms with E-state index in [9.17, 15) is 22.0 Å². The van der Waals surface area contributed by atoms with Crippen LogP contribution >= 0.6 is 0 Å². The first-order valence-electron chi connectivity index (χ1n) is 11.8. The molecule has 7 heteroatoms. The molecule has 0 N–H and O–H groups in total. The van der Waals surface area contributed by atoms with Gasteiger partial charge in [-0.05, 0) is 53.2 Å². The first-order valence-corrected chi connectivity index (χ1v) is 10.8. The van der Waals surface area contributed by atoms with Crippen molar-refractivity contribution in [3.05, 3.63) is 89.4 Å². The molecule has 0 fully saturated rings. The number of nitrogens with zero attached hydrogens (tertiary/aromatic N) is 1. The number of pyridine rings is 1. The molecule has 5 aromatic rings. The van der Waals surface area contributed by atoms with Gasteiger partial charge in [0.25, 0.3) is 0 Å². The maximum atomic E-state index is 14.4. The van der Waals surface area contributed by atoms with Crippen LogP contribution in [0.3, 0.4) is 0 Å². The van der Waals surface area contributed by atoms with Crippen molar-refractivity contribution in [1.82, 2.24) is 4.98 Å². The third-order valence-electron chi connectivity index (χ3n) is 5.55. The van der Waals surface area contributed by atoms with Crippen molar-refractivity contribution >= 4 is 21.9 Å². The van der Waals surface area contributed by atoms with Crippen LogP contribution in [0, 0.1) is 34.5 Å². The second-order valence-electron chi connectivity index (χ2n) is 9.24. The fourth-order valence-electron chi connectivity index (χ4n) is 4.10. The molecule has 2 aromatic heterocycles. The zero-order valence-electron chi connectivity index (χ0n) is 20.9. The molecular weight excluding hydrogens is 461 g/mol. The minimum absolute atomic E-state index is 0.171. The van der Waals surface area contributed by atoms with Crippen molar-refractivity contribution < 1.29 is 29.1 Å². The third-order valence-corrected chi connectivity index (χ3v) is 5.55. The van der Waals surface area contributed by atoms with Gasteiger partial charge in [0.15, 0.2) is 23.3 Å². The lowest BCUT2D eigenvalue weighted by atomic mass is 9.88. The quantitative estimate of drug-likeness (QED) is 0.146. The van der Waals surface area contributed by atoms with E-state index in [1.54, 1.807) is 51.1 Å².